The zero-order valence-electron chi connectivity index (χ0n) is 10.3. The van der Waals surface area contributed by atoms with Gasteiger partial charge in [0.2, 0.25) is 0 Å². The van der Waals surface area contributed by atoms with Gasteiger partial charge in [-0.2, -0.15) is 0 Å². The van der Waals surface area contributed by atoms with Crippen LogP contribution < -0.4 is 0 Å². The smallest absolute Gasteiger partial charge is 0.119 e. The van der Waals surface area contributed by atoms with Gasteiger partial charge in [0.05, 0.1) is 0 Å². The molecule has 0 atom stereocenters. The Kier molecular flexibility index (Phi) is 12.4. The fraction of sp³-hybridized carbons (Fsp3) is 0.312. The van der Waals surface area contributed by atoms with E-state index in [-0.39, 0.29) is 0 Å². The van der Waals surface area contributed by atoms with Crippen LogP contribution in [-0.4, -0.2) is 6.29 Å². The van der Waals surface area contributed by atoms with Crippen LogP contribution in [-0.2, 0) is 4.79 Å². The molecule has 0 amide bonds. The van der Waals surface area contributed by atoms with E-state index in [1.165, 1.54) is 0 Å². The van der Waals surface area contributed by atoms with Gasteiger partial charge in [-0.15, -0.1) is 0 Å². The Balaban J connectivity index is 3.63. The first-order valence-electron chi connectivity index (χ1n) is 5.79. The molecule has 1 nitrogen and oxygen atoms in total. The summed E-state index contributed by atoms with van der Waals surface area (Å²) in [5.74, 6) is 11.0. The standard InChI is InChI=1S/C16H18O/c1-2-3-4-5-6-7-8-9-10-11-12-13-14-15-16-17/h2-3,8-11,16H,12-15H2,1H3. The predicted octanol–water partition coefficient (Wildman–Crippen LogP) is 3.44. The van der Waals surface area contributed by atoms with Gasteiger partial charge in [-0.05, 0) is 50.2 Å². The molecule has 0 aliphatic rings. The molecule has 0 aromatic carbocycles. The third-order valence-electron chi connectivity index (χ3n) is 1.83. The van der Waals surface area contributed by atoms with Gasteiger partial charge < -0.3 is 4.79 Å². The van der Waals surface area contributed by atoms with Crippen molar-refractivity contribution >= 4 is 6.29 Å². The molecule has 0 unspecified atom stereocenters. The van der Waals surface area contributed by atoms with Crippen molar-refractivity contribution in [1.29, 1.82) is 0 Å². The highest BCUT2D eigenvalue weighted by molar-refractivity contribution is 5.48. The van der Waals surface area contributed by atoms with Gasteiger partial charge in [0.1, 0.15) is 6.29 Å². The molecular formula is C16H18O. The van der Waals surface area contributed by atoms with E-state index in [1.807, 2.05) is 25.2 Å². The summed E-state index contributed by atoms with van der Waals surface area (Å²) in [6.07, 6.45) is 16.0. The highest BCUT2D eigenvalue weighted by atomic mass is 16.1. The van der Waals surface area contributed by atoms with Crippen LogP contribution in [0.25, 0.3) is 0 Å². The quantitative estimate of drug-likeness (QED) is 0.293. The lowest BCUT2D eigenvalue weighted by molar-refractivity contribution is -0.107. The largest absolute Gasteiger partial charge is 0.303 e. The highest BCUT2D eigenvalue weighted by Gasteiger charge is 1.82. The molecular weight excluding hydrogens is 208 g/mol. The number of allylic oxidation sites excluding steroid dienone is 6. The second kappa shape index (κ2) is 14.0. The average Bonchev–Trinajstić information content (AvgIpc) is 2.35. The van der Waals surface area contributed by atoms with Crippen LogP contribution in [0.15, 0.2) is 36.5 Å². The molecule has 0 saturated heterocycles. The monoisotopic (exact) mass is 226 g/mol. The Labute approximate surface area is 104 Å². The van der Waals surface area contributed by atoms with E-state index in [0.29, 0.717) is 6.42 Å². The predicted molar refractivity (Wildman–Crippen MR) is 73.2 cm³/mol. The van der Waals surface area contributed by atoms with Gasteiger partial charge in [0.25, 0.3) is 0 Å². The van der Waals surface area contributed by atoms with E-state index >= 15 is 0 Å². The third-order valence-corrected chi connectivity index (χ3v) is 1.83. The first kappa shape index (κ1) is 15.0. The molecule has 88 valence electrons. The molecule has 0 aliphatic carbocycles. The van der Waals surface area contributed by atoms with E-state index in [2.05, 4.69) is 29.8 Å². The minimum absolute atomic E-state index is 0.667. The SMILES string of the molecule is CC=CC#CC#CC=CC=CCCCCC=O. The van der Waals surface area contributed by atoms with Crippen LogP contribution in [0.2, 0.25) is 0 Å². The Morgan fingerprint density at radius 1 is 0.941 bits per heavy atom. The van der Waals surface area contributed by atoms with Gasteiger partial charge in [0.15, 0.2) is 0 Å². The number of unbranched alkanes of at least 4 members (excludes halogenated alkanes) is 3. The Hall–Kier alpha value is -1.99. The van der Waals surface area contributed by atoms with Gasteiger partial charge in [-0.25, -0.2) is 0 Å². The normalized spacial score (nSPS) is 10.2. The molecule has 0 fully saturated rings. The Morgan fingerprint density at radius 3 is 2.35 bits per heavy atom. The van der Waals surface area contributed by atoms with E-state index in [4.69, 9.17) is 0 Å². The molecule has 0 aromatic heterocycles. The first-order chi connectivity index (χ1) is 8.41. The second-order valence-corrected chi connectivity index (χ2v) is 3.28. The molecule has 0 saturated carbocycles. The van der Waals surface area contributed by atoms with Gasteiger partial charge >= 0.3 is 0 Å². The lowest BCUT2D eigenvalue weighted by Crippen LogP contribution is -1.75. The molecule has 0 aliphatic heterocycles. The van der Waals surface area contributed by atoms with Crippen molar-refractivity contribution in [3.05, 3.63) is 36.5 Å². The molecule has 17 heavy (non-hydrogen) atoms. The Morgan fingerprint density at radius 2 is 1.65 bits per heavy atom. The average molecular weight is 226 g/mol. The maximum absolute atomic E-state index is 10.0. The van der Waals surface area contributed by atoms with E-state index in [9.17, 15) is 4.79 Å². The van der Waals surface area contributed by atoms with E-state index in [0.717, 1.165) is 25.5 Å². The van der Waals surface area contributed by atoms with Gasteiger partial charge in [-0.3, -0.25) is 0 Å². The van der Waals surface area contributed by atoms with Crippen LogP contribution in [0.3, 0.4) is 0 Å². The van der Waals surface area contributed by atoms with Crippen LogP contribution >= 0.6 is 0 Å². The number of hydrogen-bond acceptors (Lipinski definition) is 1. The van der Waals surface area contributed by atoms with Crippen LogP contribution in [0, 0.1) is 23.7 Å². The topological polar surface area (TPSA) is 17.1 Å². The van der Waals surface area contributed by atoms with Crippen LogP contribution in [0.1, 0.15) is 32.6 Å². The van der Waals surface area contributed by atoms with Crippen molar-refractivity contribution in [2.45, 2.75) is 32.6 Å². The molecule has 0 rings (SSSR count). The summed E-state index contributed by atoms with van der Waals surface area (Å²) in [5.41, 5.74) is 0. The molecule has 0 spiro atoms. The summed E-state index contributed by atoms with van der Waals surface area (Å²) >= 11 is 0. The number of hydrogen-bond donors (Lipinski definition) is 0. The van der Waals surface area contributed by atoms with Gasteiger partial charge in [0, 0.05) is 6.42 Å². The summed E-state index contributed by atoms with van der Waals surface area (Å²) < 4.78 is 0. The minimum atomic E-state index is 0.667. The first-order valence-corrected chi connectivity index (χ1v) is 5.79. The molecule has 0 N–H and O–H groups in total. The molecule has 0 radical (unpaired) electrons. The molecule has 0 bridgehead atoms. The summed E-state index contributed by atoms with van der Waals surface area (Å²) in [6, 6.07) is 0. The molecule has 1 heteroatoms. The summed E-state index contributed by atoms with van der Waals surface area (Å²) in [4.78, 5) is 10.0. The van der Waals surface area contributed by atoms with E-state index in [1.54, 1.807) is 12.2 Å². The van der Waals surface area contributed by atoms with Crippen molar-refractivity contribution in [2.75, 3.05) is 0 Å². The maximum Gasteiger partial charge on any atom is 0.119 e. The van der Waals surface area contributed by atoms with E-state index < -0.39 is 0 Å². The summed E-state index contributed by atoms with van der Waals surface area (Å²) in [6.45, 7) is 1.92. The summed E-state index contributed by atoms with van der Waals surface area (Å²) in [7, 11) is 0. The van der Waals surface area contributed by atoms with Crippen molar-refractivity contribution in [2.24, 2.45) is 0 Å². The molecule has 0 aromatic rings. The Bertz CT molecular complexity index is 389. The zero-order valence-corrected chi connectivity index (χ0v) is 10.3. The number of carbonyl (C=O) groups is 1. The fourth-order valence-corrected chi connectivity index (χ4v) is 1.01. The minimum Gasteiger partial charge on any atom is -0.303 e. The van der Waals surface area contributed by atoms with Crippen LogP contribution in [0.4, 0.5) is 0 Å². The van der Waals surface area contributed by atoms with Crippen molar-refractivity contribution < 1.29 is 4.79 Å². The van der Waals surface area contributed by atoms with Gasteiger partial charge in [-0.1, -0.05) is 36.1 Å². The van der Waals surface area contributed by atoms with Crippen molar-refractivity contribution in [1.82, 2.24) is 0 Å². The lowest BCUT2D eigenvalue weighted by atomic mass is 10.2. The maximum atomic E-state index is 10.0. The van der Waals surface area contributed by atoms with Crippen LogP contribution in [0.5, 0.6) is 0 Å². The lowest BCUT2D eigenvalue weighted by Gasteiger charge is -1.88. The number of carbonyl (C=O) groups excluding carboxylic acids is 1. The highest BCUT2D eigenvalue weighted by Crippen LogP contribution is 1.98. The second-order valence-electron chi connectivity index (χ2n) is 3.28. The van der Waals surface area contributed by atoms with Crippen molar-refractivity contribution in [3.63, 3.8) is 0 Å². The molecule has 0 heterocycles. The number of aldehydes is 1. The zero-order chi connectivity index (χ0) is 12.6. The van der Waals surface area contributed by atoms with Crippen molar-refractivity contribution in [3.8, 4) is 23.7 Å². The third kappa shape index (κ3) is 14.0. The number of rotatable bonds is 6. The fourth-order valence-electron chi connectivity index (χ4n) is 1.01. The summed E-state index contributed by atoms with van der Waals surface area (Å²) in [5, 5.41) is 0.